The Labute approximate surface area is 188 Å². The Balaban J connectivity index is 1.33. The van der Waals surface area contributed by atoms with Crippen molar-refractivity contribution in [2.45, 2.75) is 44.8 Å². The van der Waals surface area contributed by atoms with Crippen molar-refractivity contribution in [2.24, 2.45) is 0 Å². The lowest BCUT2D eigenvalue weighted by molar-refractivity contribution is -0.0387. The van der Waals surface area contributed by atoms with E-state index in [1.54, 1.807) is 0 Å². The smallest absolute Gasteiger partial charge is 0.119 e. The molecule has 32 heavy (non-hydrogen) atoms. The van der Waals surface area contributed by atoms with Gasteiger partial charge in [-0.05, 0) is 86.2 Å². The van der Waals surface area contributed by atoms with E-state index in [-0.39, 0.29) is 6.10 Å². The van der Waals surface area contributed by atoms with Crippen molar-refractivity contribution in [3.8, 4) is 11.4 Å². The molecule has 0 amide bonds. The Morgan fingerprint density at radius 3 is 2.28 bits per heavy atom. The highest BCUT2D eigenvalue weighted by Gasteiger charge is 2.35. The molecular weight excluding hydrogens is 396 g/mol. The molecule has 1 aromatic heterocycles. The van der Waals surface area contributed by atoms with Gasteiger partial charge in [-0.25, -0.2) is 4.98 Å². The Kier molecular flexibility index (Phi) is 5.32. The standard InChI is InChI=1S/C28H28N2O2/c1-20(2)32-25-13-11-24(12-14-25)30-19-29-26-18-22(8-15-27(26)30)5-4-21-6-9-23(10-7-21)28(31)16-3-17-28/h4-15,18-20,31H,3,16-17H2,1-2H3. The van der Waals surface area contributed by atoms with Crippen LogP contribution in [0, 0.1) is 0 Å². The van der Waals surface area contributed by atoms with Gasteiger partial charge in [0.1, 0.15) is 12.1 Å². The Bertz CT molecular complexity index is 1250. The van der Waals surface area contributed by atoms with Crippen molar-refractivity contribution in [3.05, 3.63) is 89.7 Å². The maximum atomic E-state index is 10.5. The number of aliphatic hydroxyl groups is 1. The molecule has 0 aliphatic heterocycles. The molecule has 4 nitrogen and oxygen atoms in total. The van der Waals surface area contributed by atoms with Crippen molar-refractivity contribution in [1.29, 1.82) is 0 Å². The van der Waals surface area contributed by atoms with Crippen molar-refractivity contribution in [3.63, 3.8) is 0 Å². The van der Waals surface area contributed by atoms with Crippen LogP contribution in [0.3, 0.4) is 0 Å². The van der Waals surface area contributed by atoms with Gasteiger partial charge in [-0.3, -0.25) is 4.57 Å². The summed E-state index contributed by atoms with van der Waals surface area (Å²) in [6.07, 6.45) is 9.06. The number of imidazole rings is 1. The lowest BCUT2D eigenvalue weighted by Crippen LogP contribution is -2.33. The first-order chi connectivity index (χ1) is 15.5. The van der Waals surface area contributed by atoms with Crippen LogP contribution in [0.2, 0.25) is 0 Å². The molecule has 0 bridgehead atoms. The molecule has 1 aliphatic rings. The number of fused-ring (bicyclic) bond motifs is 1. The van der Waals surface area contributed by atoms with Crippen LogP contribution < -0.4 is 4.74 Å². The van der Waals surface area contributed by atoms with Crippen LogP contribution >= 0.6 is 0 Å². The van der Waals surface area contributed by atoms with E-state index < -0.39 is 5.60 Å². The first-order valence-corrected chi connectivity index (χ1v) is 11.3. The highest BCUT2D eigenvalue weighted by molar-refractivity contribution is 5.82. The van der Waals surface area contributed by atoms with Crippen LogP contribution in [-0.2, 0) is 5.60 Å². The fourth-order valence-corrected chi connectivity index (χ4v) is 4.19. The summed E-state index contributed by atoms with van der Waals surface area (Å²) in [5, 5.41) is 10.5. The van der Waals surface area contributed by atoms with E-state index in [1.165, 1.54) is 0 Å². The maximum absolute atomic E-state index is 10.5. The van der Waals surface area contributed by atoms with Crippen LogP contribution in [0.15, 0.2) is 73.1 Å². The first-order valence-electron chi connectivity index (χ1n) is 11.3. The van der Waals surface area contributed by atoms with Gasteiger partial charge < -0.3 is 9.84 Å². The zero-order valence-electron chi connectivity index (χ0n) is 18.5. The molecule has 0 spiro atoms. The Morgan fingerprint density at radius 2 is 1.62 bits per heavy atom. The number of rotatable bonds is 6. The van der Waals surface area contributed by atoms with E-state index in [9.17, 15) is 5.11 Å². The maximum Gasteiger partial charge on any atom is 0.119 e. The summed E-state index contributed by atoms with van der Waals surface area (Å²) >= 11 is 0. The number of hydrogen-bond acceptors (Lipinski definition) is 3. The van der Waals surface area contributed by atoms with Gasteiger partial charge in [0.05, 0.1) is 22.7 Å². The van der Waals surface area contributed by atoms with Gasteiger partial charge >= 0.3 is 0 Å². The lowest BCUT2D eigenvalue weighted by Gasteiger charge is -2.37. The third kappa shape index (κ3) is 4.06. The van der Waals surface area contributed by atoms with Crippen molar-refractivity contribution >= 4 is 23.2 Å². The summed E-state index contributed by atoms with van der Waals surface area (Å²) in [7, 11) is 0. The zero-order valence-corrected chi connectivity index (χ0v) is 18.5. The molecule has 4 heteroatoms. The highest BCUT2D eigenvalue weighted by Crippen LogP contribution is 2.41. The number of aromatic nitrogens is 2. The van der Waals surface area contributed by atoms with Crippen LogP contribution in [-0.4, -0.2) is 20.8 Å². The van der Waals surface area contributed by atoms with E-state index in [4.69, 9.17) is 4.74 Å². The predicted molar refractivity (Wildman–Crippen MR) is 130 cm³/mol. The molecule has 1 N–H and O–H groups in total. The number of benzene rings is 3. The van der Waals surface area contributed by atoms with E-state index >= 15 is 0 Å². The zero-order chi connectivity index (χ0) is 22.1. The fourth-order valence-electron chi connectivity index (χ4n) is 4.19. The molecule has 1 saturated carbocycles. The second kappa shape index (κ2) is 8.29. The van der Waals surface area contributed by atoms with E-state index in [0.717, 1.165) is 58.4 Å². The molecule has 0 radical (unpaired) electrons. The van der Waals surface area contributed by atoms with E-state index in [1.807, 2.05) is 44.4 Å². The average molecular weight is 425 g/mol. The van der Waals surface area contributed by atoms with Gasteiger partial charge in [-0.2, -0.15) is 0 Å². The minimum absolute atomic E-state index is 0.161. The minimum Gasteiger partial charge on any atom is -0.491 e. The van der Waals surface area contributed by atoms with Crippen molar-refractivity contribution in [1.82, 2.24) is 9.55 Å². The molecule has 5 rings (SSSR count). The minimum atomic E-state index is -0.603. The number of ether oxygens (including phenoxy) is 1. The SMILES string of the molecule is CC(C)Oc1ccc(-n2cnc3cc(C=Cc4ccc(C5(O)CCC5)cc4)ccc32)cc1. The summed E-state index contributed by atoms with van der Waals surface area (Å²) in [6, 6.07) is 22.6. The summed E-state index contributed by atoms with van der Waals surface area (Å²) in [4.78, 5) is 4.61. The lowest BCUT2D eigenvalue weighted by atomic mass is 9.75. The fraction of sp³-hybridized carbons (Fsp3) is 0.250. The predicted octanol–water partition coefficient (Wildman–Crippen LogP) is 6.35. The van der Waals surface area contributed by atoms with Gasteiger partial charge in [-0.15, -0.1) is 0 Å². The third-order valence-corrected chi connectivity index (χ3v) is 6.15. The second-order valence-corrected chi connectivity index (χ2v) is 8.86. The van der Waals surface area contributed by atoms with Gasteiger partial charge in [0.25, 0.3) is 0 Å². The molecule has 0 unspecified atom stereocenters. The third-order valence-electron chi connectivity index (χ3n) is 6.15. The van der Waals surface area contributed by atoms with Crippen molar-refractivity contribution in [2.75, 3.05) is 0 Å². The number of nitrogens with zero attached hydrogens (tertiary/aromatic N) is 2. The summed E-state index contributed by atoms with van der Waals surface area (Å²) in [6.45, 7) is 4.05. The van der Waals surface area contributed by atoms with Gasteiger partial charge in [-0.1, -0.05) is 42.5 Å². The van der Waals surface area contributed by atoms with Gasteiger partial charge in [0.2, 0.25) is 0 Å². The Morgan fingerprint density at radius 1 is 0.938 bits per heavy atom. The molecule has 4 aromatic rings. The largest absolute Gasteiger partial charge is 0.491 e. The Hall–Kier alpha value is -3.37. The summed E-state index contributed by atoms with van der Waals surface area (Å²) in [5.41, 5.74) is 5.72. The molecule has 162 valence electrons. The molecular formula is C28H28N2O2. The normalized spacial score (nSPS) is 15.4. The van der Waals surface area contributed by atoms with Crippen LogP contribution in [0.4, 0.5) is 0 Å². The van der Waals surface area contributed by atoms with Crippen molar-refractivity contribution < 1.29 is 9.84 Å². The quantitative estimate of drug-likeness (QED) is 0.367. The highest BCUT2D eigenvalue weighted by atomic mass is 16.5. The molecule has 0 atom stereocenters. The van der Waals surface area contributed by atoms with Crippen LogP contribution in [0.5, 0.6) is 5.75 Å². The molecule has 3 aromatic carbocycles. The second-order valence-electron chi connectivity index (χ2n) is 8.86. The summed E-state index contributed by atoms with van der Waals surface area (Å²) < 4.78 is 7.83. The van der Waals surface area contributed by atoms with Crippen LogP contribution in [0.1, 0.15) is 49.8 Å². The van der Waals surface area contributed by atoms with Crippen LogP contribution in [0.25, 0.3) is 28.9 Å². The van der Waals surface area contributed by atoms with Gasteiger partial charge in [0.15, 0.2) is 0 Å². The average Bonchev–Trinajstić information content (AvgIpc) is 3.20. The topological polar surface area (TPSA) is 47.3 Å². The first kappa shape index (κ1) is 20.5. The molecule has 1 aliphatic carbocycles. The number of hydrogen-bond donors (Lipinski definition) is 1. The summed E-state index contributed by atoms with van der Waals surface area (Å²) in [5.74, 6) is 0.871. The van der Waals surface area contributed by atoms with Gasteiger partial charge in [0, 0.05) is 5.69 Å². The monoisotopic (exact) mass is 424 g/mol. The molecule has 0 saturated heterocycles. The van der Waals surface area contributed by atoms with E-state index in [0.29, 0.717) is 0 Å². The van der Waals surface area contributed by atoms with E-state index in [2.05, 4.69) is 64.2 Å². The molecule has 1 fully saturated rings. The molecule has 1 heterocycles.